The molecule has 0 radical (unpaired) electrons. The maximum absolute atomic E-state index is 12.6. The zero-order valence-corrected chi connectivity index (χ0v) is 19.9. The van der Waals surface area contributed by atoms with E-state index in [2.05, 4.69) is 36.3 Å². The van der Waals surface area contributed by atoms with E-state index >= 15 is 0 Å². The van der Waals surface area contributed by atoms with Gasteiger partial charge in [0.25, 0.3) is 0 Å². The van der Waals surface area contributed by atoms with Gasteiger partial charge in [-0.3, -0.25) is 4.79 Å². The van der Waals surface area contributed by atoms with Crippen molar-refractivity contribution in [2.75, 3.05) is 5.32 Å². The molecule has 0 fully saturated rings. The van der Waals surface area contributed by atoms with Crippen LogP contribution in [0, 0.1) is 0 Å². The number of amides is 1. The lowest BCUT2D eigenvalue weighted by Gasteiger charge is -2.19. The Bertz CT molecular complexity index is 1030. The monoisotopic (exact) mass is 458 g/mol. The zero-order valence-electron chi connectivity index (χ0n) is 18.3. The van der Waals surface area contributed by atoms with Gasteiger partial charge < -0.3 is 14.6 Å². The molecule has 0 aliphatic carbocycles. The van der Waals surface area contributed by atoms with Crippen LogP contribution in [0.5, 0.6) is 5.75 Å². The number of nitrogens with zero attached hydrogens (tertiary/aromatic N) is 3. The van der Waals surface area contributed by atoms with Crippen LogP contribution < -0.4 is 10.1 Å². The first kappa shape index (κ1) is 23.2. The van der Waals surface area contributed by atoms with E-state index in [1.807, 2.05) is 42.8 Å². The van der Waals surface area contributed by atoms with Crippen LogP contribution in [0.4, 0.5) is 5.69 Å². The van der Waals surface area contributed by atoms with Crippen molar-refractivity contribution in [1.82, 2.24) is 14.8 Å². The van der Waals surface area contributed by atoms with Crippen LogP contribution in [0.2, 0.25) is 5.02 Å². The lowest BCUT2D eigenvalue weighted by molar-refractivity contribution is -0.115. The maximum atomic E-state index is 12.6. The molecule has 0 unspecified atom stereocenters. The van der Waals surface area contributed by atoms with E-state index in [0.29, 0.717) is 21.8 Å². The summed E-state index contributed by atoms with van der Waals surface area (Å²) >= 11 is 7.24. The third-order valence-corrected chi connectivity index (χ3v) is 6.16. The second kappa shape index (κ2) is 9.75. The Kier molecular flexibility index (Phi) is 7.28. The van der Waals surface area contributed by atoms with Gasteiger partial charge in [0.15, 0.2) is 11.0 Å². The van der Waals surface area contributed by atoms with Crippen molar-refractivity contribution in [3.8, 4) is 5.75 Å². The average molecular weight is 459 g/mol. The van der Waals surface area contributed by atoms with Crippen molar-refractivity contribution < 1.29 is 9.53 Å². The van der Waals surface area contributed by atoms with E-state index in [-0.39, 0.29) is 23.2 Å². The van der Waals surface area contributed by atoms with Crippen LogP contribution in [0.25, 0.3) is 0 Å². The number of carbonyl (C=O) groups is 1. The third-order valence-electron chi connectivity index (χ3n) is 4.78. The van der Waals surface area contributed by atoms with Crippen molar-refractivity contribution in [2.24, 2.45) is 7.05 Å². The lowest BCUT2D eigenvalue weighted by Crippen LogP contribution is -2.23. The number of aromatic nitrogens is 3. The van der Waals surface area contributed by atoms with Gasteiger partial charge in [0.2, 0.25) is 5.91 Å². The molecule has 1 heterocycles. The molecule has 1 atom stereocenters. The number of thioether (sulfide) groups is 1. The Hall–Kier alpha value is -2.51. The molecular weight excluding hydrogens is 432 g/mol. The first-order valence-corrected chi connectivity index (χ1v) is 11.2. The highest BCUT2D eigenvalue weighted by Gasteiger charge is 2.20. The van der Waals surface area contributed by atoms with Gasteiger partial charge in [-0.15, -0.1) is 10.2 Å². The fourth-order valence-electron chi connectivity index (χ4n) is 2.76. The number of anilines is 1. The van der Waals surface area contributed by atoms with Gasteiger partial charge in [-0.05, 0) is 54.3 Å². The second-order valence-electron chi connectivity index (χ2n) is 8.28. The van der Waals surface area contributed by atoms with Gasteiger partial charge in [-0.25, -0.2) is 0 Å². The number of rotatable bonds is 7. The van der Waals surface area contributed by atoms with Crippen LogP contribution in [0.1, 0.15) is 39.1 Å². The molecule has 6 nitrogen and oxygen atoms in total. The number of halogens is 1. The zero-order chi connectivity index (χ0) is 22.6. The molecule has 0 spiro atoms. The number of ether oxygens (including phenoxy) is 1. The molecular formula is C23H27ClN4O2S. The molecule has 2 aromatic carbocycles. The Morgan fingerprint density at radius 2 is 1.77 bits per heavy atom. The van der Waals surface area contributed by atoms with E-state index in [1.165, 1.54) is 17.3 Å². The smallest absolute Gasteiger partial charge is 0.237 e. The summed E-state index contributed by atoms with van der Waals surface area (Å²) in [4.78, 5) is 12.6. The van der Waals surface area contributed by atoms with Crippen LogP contribution >= 0.6 is 23.4 Å². The molecule has 8 heteroatoms. The number of hydrogen-bond acceptors (Lipinski definition) is 5. The molecule has 164 valence electrons. The fourth-order valence-corrected chi connectivity index (χ4v) is 3.72. The minimum Gasteiger partial charge on any atom is -0.486 e. The predicted octanol–water partition coefficient (Wildman–Crippen LogP) is 5.46. The SMILES string of the molecule is C[C@H](Sc1nnc(COc2ccc(Cl)cc2)n1C)C(=O)Nc1ccc(C(C)(C)C)cc1. The van der Waals surface area contributed by atoms with E-state index in [4.69, 9.17) is 16.3 Å². The van der Waals surface area contributed by atoms with Crippen molar-refractivity contribution in [2.45, 2.75) is 50.1 Å². The molecule has 0 aliphatic rings. The minimum atomic E-state index is -0.338. The summed E-state index contributed by atoms with van der Waals surface area (Å²) in [5, 5.41) is 12.3. The lowest BCUT2D eigenvalue weighted by atomic mass is 9.87. The van der Waals surface area contributed by atoms with E-state index < -0.39 is 0 Å². The first-order chi connectivity index (χ1) is 14.6. The van der Waals surface area contributed by atoms with Gasteiger partial charge in [-0.2, -0.15) is 0 Å². The van der Waals surface area contributed by atoms with Crippen LogP contribution in [-0.4, -0.2) is 25.9 Å². The van der Waals surface area contributed by atoms with Crippen LogP contribution in [-0.2, 0) is 23.9 Å². The van der Waals surface area contributed by atoms with E-state index in [9.17, 15) is 4.79 Å². The Balaban J connectivity index is 1.56. The second-order valence-corrected chi connectivity index (χ2v) is 10.0. The van der Waals surface area contributed by atoms with E-state index in [0.717, 1.165) is 5.69 Å². The predicted molar refractivity (Wildman–Crippen MR) is 126 cm³/mol. The van der Waals surface area contributed by atoms with E-state index in [1.54, 1.807) is 24.3 Å². The van der Waals surface area contributed by atoms with Crippen molar-refractivity contribution >= 4 is 35.0 Å². The normalized spacial score (nSPS) is 12.5. The summed E-state index contributed by atoms with van der Waals surface area (Å²) < 4.78 is 7.57. The molecule has 1 aromatic heterocycles. The number of carbonyl (C=O) groups excluding carboxylic acids is 1. The Labute approximate surface area is 192 Å². The quantitative estimate of drug-likeness (QED) is 0.476. The van der Waals surface area contributed by atoms with Crippen LogP contribution in [0.15, 0.2) is 53.7 Å². The highest BCUT2D eigenvalue weighted by molar-refractivity contribution is 8.00. The third kappa shape index (κ3) is 6.24. The van der Waals surface area contributed by atoms with Crippen molar-refractivity contribution in [3.63, 3.8) is 0 Å². The topological polar surface area (TPSA) is 69.0 Å². The van der Waals surface area contributed by atoms with Gasteiger partial charge >= 0.3 is 0 Å². The van der Waals surface area contributed by atoms with Crippen molar-refractivity contribution in [3.05, 3.63) is 64.9 Å². The van der Waals surface area contributed by atoms with Gasteiger partial charge in [0.05, 0.1) is 5.25 Å². The fraction of sp³-hybridized carbons (Fsp3) is 0.348. The summed E-state index contributed by atoms with van der Waals surface area (Å²) in [7, 11) is 1.86. The molecule has 0 saturated heterocycles. The molecule has 0 aliphatic heterocycles. The van der Waals surface area contributed by atoms with Gasteiger partial charge in [0.1, 0.15) is 12.4 Å². The Morgan fingerprint density at radius 1 is 1.13 bits per heavy atom. The summed E-state index contributed by atoms with van der Waals surface area (Å²) in [6.07, 6.45) is 0. The highest BCUT2D eigenvalue weighted by atomic mass is 35.5. The summed E-state index contributed by atoms with van der Waals surface area (Å²) in [5.41, 5.74) is 2.08. The van der Waals surface area contributed by atoms with Crippen LogP contribution in [0.3, 0.4) is 0 Å². The maximum Gasteiger partial charge on any atom is 0.237 e. The largest absolute Gasteiger partial charge is 0.486 e. The molecule has 1 N–H and O–H groups in total. The molecule has 0 saturated carbocycles. The molecule has 0 bridgehead atoms. The molecule has 31 heavy (non-hydrogen) atoms. The van der Waals surface area contributed by atoms with Gasteiger partial charge in [0, 0.05) is 17.8 Å². The molecule has 3 rings (SSSR count). The van der Waals surface area contributed by atoms with Gasteiger partial charge in [-0.1, -0.05) is 56.3 Å². The molecule has 3 aromatic rings. The standard InChI is InChI=1S/C23H27ClN4O2S/c1-15(21(29)25-18-10-6-16(7-11-18)23(2,3)4)31-22-27-26-20(28(22)5)14-30-19-12-8-17(24)9-13-19/h6-13,15H,14H2,1-5H3,(H,25,29)/t15-/m0/s1. The average Bonchev–Trinajstić information content (AvgIpc) is 3.06. The number of hydrogen-bond donors (Lipinski definition) is 1. The summed E-state index contributed by atoms with van der Waals surface area (Å²) in [5.74, 6) is 1.28. The highest BCUT2D eigenvalue weighted by Crippen LogP contribution is 2.26. The minimum absolute atomic E-state index is 0.0753. The van der Waals surface area contributed by atoms with Crippen molar-refractivity contribution in [1.29, 1.82) is 0 Å². The summed E-state index contributed by atoms with van der Waals surface area (Å²) in [6.45, 7) is 8.60. The molecule has 1 amide bonds. The number of nitrogens with one attached hydrogen (secondary N) is 1. The first-order valence-electron chi connectivity index (χ1n) is 9.98. The summed E-state index contributed by atoms with van der Waals surface area (Å²) in [6, 6.07) is 15.1. The number of benzene rings is 2. The Morgan fingerprint density at radius 3 is 2.39 bits per heavy atom.